The maximum absolute atomic E-state index is 13.3. The molecule has 8 nitrogen and oxygen atoms in total. The van der Waals surface area contributed by atoms with Crippen LogP contribution in [-0.4, -0.2) is 51.6 Å². The van der Waals surface area contributed by atoms with Crippen LogP contribution in [0.5, 0.6) is 0 Å². The molecule has 1 atom stereocenters. The Morgan fingerprint density at radius 3 is 2.63 bits per heavy atom. The smallest absolute Gasteiger partial charge is 0.244 e. The molecule has 3 aromatic rings. The lowest BCUT2D eigenvalue weighted by Crippen LogP contribution is -2.30. The molecule has 0 radical (unpaired) electrons. The molecule has 0 fully saturated rings. The van der Waals surface area contributed by atoms with Gasteiger partial charge in [-0.25, -0.2) is 12.8 Å². The first-order chi connectivity index (χ1) is 14.3. The van der Waals surface area contributed by atoms with Crippen LogP contribution in [0.3, 0.4) is 0 Å². The highest BCUT2D eigenvalue weighted by molar-refractivity contribution is 8.00. The summed E-state index contributed by atoms with van der Waals surface area (Å²) in [6, 6.07) is 8.69. The van der Waals surface area contributed by atoms with Gasteiger partial charge in [-0.2, -0.15) is 4.31 Å². The minimum absolute atomic E-state index is 0.122. The molecule has 1 aromatic carbocycles. The summed E-state index contributed by atoms with van der Waals surface area (Å²) in [5.41, 5.74) is 0.819. The van der Waals surface area contributed by atoms with E-state index in [-0.39, 0.29) is 10.8 Å². The summed E-state index contributed by atoms with van der Waals surface area (Å²) in [6.07, 6.45) is 1.46. The third-order valence-corrected chi connectivity index (χ3v) is 7.52. The molecule has 0 aliphatic rings. The molecule has 1 unspecified atom stereocenters. The highest BCUT2D eigenvalue weighted by atomic mass is 32.2. The lowest BCUT2D eigenvalue weighted by atomic mass is 10.3. The number of anilines is 1. The molecule has 11 heteroatoms. The van der Waals surface area contributed by atoms with E-state index in [0.717, 1.165) is 11.8 Å². The Labute approximate surface area is 178 Å². The summed E-state index contributed by atoms with van der Waals surface area (Å²) in [5, 5.41) is 10.6. The molecule has 0 spiro atoms. The third-order valence-electron chi connectivity index (χ3n) is 4.43. The fraction of sp³-hybridized carbons (Fsp3) is 0.316. The molecule has 160 valence electrons. The SMILES string of the molecule is CCN(CC)S(=O)(=O)c1ccc2nnc(SC(C)C(=O)Nc3cccc(F)c3)n2c1. The zero-order chi connectivity index (χ0) is 21.9. The molecule has 30 heavy (non-hydrogen) atoms. The van der Waals surface area contributed by atoms with Crippen LogP contribution >= 0.6 is 11.8 Å². The van der Waals surface area contributed by atoms with Gasteiger partial charge in [0.1, 0.15) is 5.82 Å². The maximum Gasteiger partial charge on any atom is 0.244 e. The van der Waals surface area contributed by atoms with Gasteiger partial charge in [-0.15, -0.1) is 10.2 Å². The molecule has 0 saturated carbocycles. The number of nitrogens with zero attached hydrogens (tertiary/aromatic N) is 4. The Hall–Kier alpha value is -2.50. The number of hydrogen-bond acceptors (Lipinski definition) is 6. The van der Waals surface area contributed by atoms with Gasteiger partial charge < -0.3 is 5.32 Å². The van der Waals surface area contributed by atoms with Crippen molar-refractivity contribution >= 4 is 39.0 Å². The monoisotopic (exact) mass is 451 g/mol. The molecule has 0 bridgehead atoms. The van der Waals surface area contributed by atoms with E-state index < -0.39 is 21.1 Å². The number of halogens is 1. The number of pyridine rings is 1. The van der Waals surface area contributed by atoms with Gasteiger partial charge in [0.25, 0.3) is 0 Å². The van der Waals surface area contributed by atoms with Crippen molar-refractivity contribution in [3.8, 4) is 0 Å². The lowest BCUT2D eigenvalue weighted by molar-refractivity contribution is -0.115. The Kier molecular flexibility index (Phi) is 6.74. The van der Waals surface area contributed by atoms with Crippen molar-refractivity contribution < 1.29 is 17.6 Å². The molecule has 2 aromatic heterocycles. The van der Waals surface area contributed by atoms with E-state index in [2.05, 4.69) is 15.5 Å². The highest BCUT2D eigenvalue weighted by Crippen LogP contribution is 2.25. The summed E-state index contributed by atoms with van der Waals surface area (Å²) < 4.78 is 41.8. The normalized spacial score (nSPS) is 13.0. The molecule has 0 aliphatic carbocycles. The van der Waals surface area contributed by atoms with E-state index >= 15 is 0 Å². The van der Waals surface area contributed by atoms with Crippen molar-refractivity contribution in [2.45, 2.75) is 36.1 Å². The van der Waals surface area contributed by atoms with Crippen LogP contribution in [0, 0.1) is 5.82 Å². The topological polar surface area (TPSA) is 96.7 Å². The van der Waals surface area contributed by atoms with Crippen LogP contribution in [0.2, 0.25) is 0 Å². The van der Waals surface area contributed by atoms with Crippen LogP contribution in [-0.2, 0) is 14.8 Å². The zero-order valence-corrected chi connectivity index (χ0v) is 18.4. The van der Waals surface area contributed by atoms with Crippen molar-refractivity contribution in [1.82, 2.24) is 18.9 Å². The number of sulfonamides is 1. The summed E-state index contributed by atoms with van der Waals surface area (Å²) >= 11 is 1.13. The number of aromatic nitrogens is 3. The highest BCUT2D eigenvalue weighted by Gasteiger charge is 2.24. The maximum atomic E-state index is 13.3. The van der Waals surface area contributed by atoms with E-state index in [1.165, 1.54) is 34.8 Å². The predicted molar refractivity (Wildman–Crippen MR) is 113 cm³/mol. The summed E-state index contributed by atoms with van der Waals surface area (Å²) in [6.45, 7) is 5.95. The van der Waals surface area contributed by atoms with E-state index in [4.69, 9.17) is 0 Å². The standard InChI is InChI=1S/C19H22FN5O3S2/c1-4-24(5-2)30(27,28)16-9-10-17-22-23-19(25(17)12-16)29-13(3)18(26)21-15-8-6-7-14(20)11-15/h6-13H,4-5H2,1-3H3,(H,21,26). The van der Waals surface area contributed by atoms with Gasteiger partial charge in [0.2, 0.25) is 15.9 Å². The van der Waals surface area contributed by atoms with Crippen LogP contribution in [0.4, 0.5) is 10.1 Å². The molecule has 1 amide bonds. The average Bonchev–Trinajstić information content (AvgIpc) is 3.10. The second kappa shape index (κ2) is 9.11. The molecular weight excluding hydrogens is 429 g/mol. The van der Waals surface area contributed by atoms with Crippen LogP contribution in [0.25, 0.3) is 5.65 Å². The Balaban J connectivity index is 1.83. The van der Waals surface area contributed by atoms with E-state index in [9.17, 15) is 17.6 Å². The number of nitrogens with one attached hydrogen (secondary N) is 1. The van der Waals surface area contributed by atoms with Crippen molar-refractivity contribution in [1.29, 1.82) is 0 Å². The second-order valence-electron chi connectivity index (χ2n) is 6.42. The third kappa shape index (κ3) is 4.63. The Bertz CT molecular complexity index is 1160. The van der Waals surface area contributed by atoms with Crippen LogP contribution in [0.1, 0.15) is 20.8 Å². The Morgan fingerprint density at radius 1 is 1.23 bits per heavy atom. The largest absolute Gasteiger partial charge is 0.325 e. The minimum atomic E-state index is -3.64. The van der Waals surface area contributed by atoms with E-state index in [1.807, 2.05) is 0 Å². The lowest BCUT2D eigenvalue weighted by Gasteiger charge is -2.18. The van der Waals surface area contributed by atoms with Crippen LogP contribution < -0.4 is 5.32 Å². The number of carbonyl (C=O) groups is 1. The van der Waals surface area contributed by atoms with Gasteiger partial charge in [0, 0.05) is 25.0 Å². The number of thioether (sulfide) groups is 1. The van der Waals surface area contributed by atoms with Crippen molar-refractivity contribution in [2.24, 2.45) is 0 Å². The fourth-order valence-electron chi connectivity index (χ4n) is 2.82. The van der Waals surface area contributed by atoms with Crippen LogP contribution in [0.15, 0.2) is 52.6 Å². The summed E-state index contributed by atoms with van der Waals surface area (Å²) in [7, 11) is -3.64. The quantitative estimate of drug-likeness (QED) is 0.529. The molecule has 0 aliphatic heterocycles. The number of amides is 1. The average molecular weight is 452 g/mol. The van der Waals surface area contributed by atoms with E-state index in [1.54, 1.807) is 37.3 Å². The first-order valence-electron chi connectivity index (χ1n) is 9.34. The molecule has 1 N–H and O–H groups in total. The van der Waals surface area contributed by atoms with Gasteiger partial charge >= 0.3 is 0 Å². The first-order valence-corrected chi connectivity index (χ1v) is 11.7. The fourth-order valence-corrected chi connectivity index (χ4v) is 5.10. The number of carbonyl (C=O) groups excluding carboxylic acids is 1. The number of hydrogen-bond donors (Lipinski definition) is 1. The number of benzene rings is 1. The molecule has 0 saturated heterocycles. The number of rotatable bonds is 8. The predicted octanol–water partition coefficient (Wildman–Crippen LogP) is 3.02. The summed E-state index contributed by atoms with van der Waals surface area (Å²) in [5.74, 6) is -0.784. The van der Waals surface area contributed by atoms with Gasteiger partial charge in [0.05, 0.1) is 10.1 Å². The van der Waals surface area contributed by atoms with Gasteiger partial charge in [-0.1, -0.05) is 31.7 Å². The first kappa shape index (κ1) is 22.2. The zero-order valence-electron chi connectivity index (χ0n) is 16.7. The molecule has 3 rings (SSSR count). The molecular formula is C19H22FN5O3S2. The van der Waals surface area contributed by atoms with Crippen molar-refractivity contribution in [3.63, 3.8) is 0 Å². The van der Waals surface area contributed by atoms with Gasteiger partial charge in [-0.05, 0) is 37.3 Å². The minimum Gasteiger partial charge on any atom is -0.325 e. The van der Waals surface area contributed by atoms with Gasteiger partial charge in [0.15, 0.2) is 10.8 Å². The Morgan fingerprint density at radius 2 is 1.97 bits per heavy atom. The van der Waals surface area contributed by atoms with Crippen molar-refractivity contribution in [2.75, 3.05) is 18.4 Å². The van der Waals surface area contributed by atoms with Gasteiger partial charge in [-0.3, -0.25) is 9.20 Å². The summed E-state index contributed by atoms with van der Waals surface area (Å²) in [4.78, 5) is 12.6. The second-order valence-corrected chi connectivity index (χ2v) is 9.67. The number of fused-ring (bicyclic) bond motifs is 1. The van der Waals surface area contributed by atoms with Crippen molar-refractivity contribution in [3.05, 3.63) is 48.4 Å². The van der Waals surface area contributed by atoms with E-state index in [0.29, 0.717) is 29.6 Å². The molecule has 2 heterocycles.